The Morgan fingerprint density at radius 2 is 1.71 bits per heavy atom. The number of sulfonamides is 1. The van der Waals surface area contributed by atoms with Crippen molar-refractivity contribution in [3.8, 4) is 0 Å². The molecule has 31 heavy (non-hydrogen) atoms. The van der Waals surface area contributed by atoms with Crippen LogP contribution in [-0.2, 0) is 27.9 Å². The van der Waals surface area contributed by atoms with E-state index in [2.05, 4.69) is 21.2 Å². The fourth-order valence-electron chi connectivity index (χ4n) is 3.07. The quantitative estimate of drug-likeness (QED) is 0.479. The third-order valence-corrected chi connectivity index (χ3v) is 6.36. The van der Waals surface area contributed by atoms with Gasteiger partial charge in [0.25, 0.3) is 5.91 Å². The number of rotatable bonds is 8. The zero-order valence-corrected chi connectivity index (χ0v) is 19.6. The van der Waals surface area contributed by atoms with Crippen molar-refractivity contribution in [2.75, 3.05) is 23.0 Å². The van der Waals surface area contributed by atoms with Gasteiger partial charge in [0, 0.05) is 22.8 Å². The maximum absolute atomic E-state index is 12.6. The summed E-state index contributed by atoms with van der Waals surface area (Å²) in [7, 11) is -1.88. The minimum absolute atomic E-state index is 0.155. The number of ether oxygens (including phenoxy) is 1. The second-order valence-electron chi connectivity index (χ2n) is 7.01. The standard InChI is InChI=1S/C23H23BrN2O4S/c1-30-16-18-6-5-7-20(14-18)25-23(27)19-12-10-17(11-13-19)15-26(31(2,28)29)22-9-4-3-8-21(22)24/h3-14H,15-16H2,1-2H3,(H,25,27). The number of methoxy groups -OCH3 is 1. The Bertz CT molecular complexity index is 1160. The number of nitrogens with one attached hydrogen (secondary N) is 1. The molecule has 0 radical (unpaired) electrons. The molecule has 3 aromatic carbocycles. The van der Waals surface area contributed by atoms with Crippen molar-refractivity contribution in [3.63, 3.8) is 0 Å². The van der Waals surface area contributed by atoms with Crippen molar-refractivity contribution >= 4 is 43.2 Å². The first kappa shape index (κ1) is 23.0. The highest BCUT2D eigenvalue weighted by molar-refractivity contribution is 9.10. The summed E-state index contributed by atoms with van der Waals surface area (Å²) in [5.74, 6) is -0.244. The van der Waals surface area contributed by atoms with Gasteiger partial charge in [-0.15, -0.1) is 0 Å². The second-order valence-corrected chi connectivity index (χ2v) is 9.77. The molecule has 0 aliphatic heterocycles. The van der Waals surface area contributed by atoms with Crippen molar-refractivity contribution in [2.45, 2.75) is 13.2 Å². The molecule has 0 fully saturated rings. The lowest BCUT2D eigenvalue weighted by Gasteiger charge is -2.23. The Morgan fingerprint density at radius 3 is 2.35 bits per heavy atom. The van der Waals surface area contributed by atoms with Crippen LogP contribution in [0, 0.1) is 0 Å². The predicted molar refractivity (Wildman–Crippen MR) is 127 cm³/mol. The summed E-state index contributed by atoms with van der Waals surface area (Å²) in [6.45, 7) is 0.620. The van der Waals surface area contributed by atoms with E-state index in [4.69, 9.17) is 4.74 Å². The Hall–Kier alpha value is -2.68. The number of carbonyl (C=O) groups excluding carboxylic acids is 1. The summed E-state index contributed by atoms with van der Waals surface area (Å²) in [6.07, 6.45) is 1.17. The summed E-state index contributed by atoms with van der Waals surface area (Å²) < 4.78 is 31.9. The van der Waals surface area contributed by atoms with Crippen molar-refractivity contribution in [1.29, 1.82) is 0 Å². The van der Waals surface area contributed by atoms with E-state index in [0.29, 0.717) is 28.0 Å². The van der Waals surface area contributed by atoms with E-state index in [0.717, 1.165) is 11.1 Å². The molecule has 3 aromatic rings. The van der Waals surface area contributed by atoms with Crippen LogP contribution in [-0.4, -0.2) is 27.7 Å². The van der Waals surface area contributed by atoms with E-state index in [1.54, 1.807) is 49.6 Å². The molecule has 0 heterocycles. The van der Waals surface area contributed by atoms with Gasteiger partial charge >= 0.3 is 0 Å². The lowest BCUT2D eigenvalue weighted by atomic mass is 10.1. The van der Waals surface area contributed by atoms with E-state index in [1.807, 2.05) is 30.3 Å². The Balaban J connectivity index is 1.75. The van der Waals surface area contributed by atoms with Crippen LogP contribution in [0.2, 0.25) is 0 Å². The Kier molecular flexibility index (Phi) is 7.48. The molecule has 0 aromatic heterocycles. The zero-order chi connectivity index (χ0) is 22.4. The maximum Gasteiger partial charge on any atom is 0.255 e. The minimum atomic E-state index is -3.50. The van der Waals surface area contributed by atoms with Gasteiger partial charge in [0.15, 0.2) is 0 Å². The largest absolute Gasteiger partial charge is 0.380 e. The first-order valence-corrected chi connectivity index (χ1v) is 12.1. The van der Waals surface area contributed by atoms with E-state index >= 15 is 0 Å². The molecule has 0 saturated carbocycles. The average molecular weight is 503 g/mol. The average Bonchev–Trinajstić information content (AvgIpc) is 2.73. The van der Waals surface area contributed by atoms with Crippen LogP contribution < -0.4 is 9.62 Å². The molecule has 1 N–H and O–H groups in total. The molecule has 0 spiro atoms. The molecule has 0 saturated heterocycles. The summed E-state index contributed by atoms with van der Waals surface area (Å²) in [6, 6.07) is 21.5. The van der Waals surface area contributed by atoms with E-state index in [9.17, 15) is 13.2 Å². The Morgan fingerprint density at radius 1 is 1.00 bits per heavy atom. The van der Waals surface area contributed by atoms with Gasteiger partial charge in [-0.1, -0.05) is 36.4 Å². The first-order chi connectivity index (χ1) is 14.8. The van der Waals surface area contributed by atoms with Gasteiger partial charge in [-0.25, -0.2) is 8.42 Å². The maximum atomic E-state index is 12.6. The van der Waals surface area contributed by atoms with E-state index in [1.165, 1.54) is 10.6 Å². The first-order valence-electron chi connectivity index (χ1n) is 9.48. The molecule has 0 aliphatic rings. The number of amides is 1. The topological polar surface area (TPSA) is 75.7 Å². The number of anilines is 2. The zero-order valence-electron chi connectivity index (χ0n) is 17.2. The molecule has 8 heteroatoms. The number of halogens is 1. The molecular formula is C23H23BrN2O4S. The van der Waals surface area contributed by atoms with Gasteiger partial charge in [0.2, 0.25) is 10.0 Å². The van der Waals surface area contributed by atoms with Crippen molar-refractivity contribution < 1.29 is 17.9 Å². The third kappa shape index (κ3) is 6.16. The molecule has 162 valence electrons. The lowest BCUT2D eigenvalue weighted by Crippen LogP contribution is -2.29. The summed E-state index contributed by atoms with van der Waals surface area (Å²) >= 11 is 3.41. The molecule has 0 bridgehead atoms. The molecule has 0 unspecified atom stereocenters. The highest BCUT2D eigenvalue weighted by Gasteiger charge is 2.20. The number of benzene rings is 3. The lowest BCUT2D eigenvalue weighted by molar-refractivity contribution is 0.102. The Labute approximate surface area is 191 Å². The molecule has 0 aliphatic carbocycles. The fraction of sp³-hybridized carbons (Fsp3) is 0.174. The number of para-hydroxylation sites is 1. The number of hydrogen-bond donors (Lipinski definition) is 1. The van der Waals surface area contributed by atoms with Crippen molar-refractivity contribution in [1.82, 2.24) is 0 Å². The highest BCUT2D eigenvalue weighted by atomic mass is 79.9. The molecule has 0 atom stereocenters. The second kappa shape index (κ2) is 10.1. The predicted octanol–water partition coefficient (Wildman–Crippen LogP) is 4.81. The number of nitrogens with zero attached hydrogens (tertiary/aromatic N) is 1. The van der Waals surface area contributed by atoms with E-state index < -0.39 is 10.0 Å². The smallest absolute Gasteiger partial charge is 0.255 e. The van der Waals surface area contributed by atoms with Gasteiger partial charge in [0.05, 0.1) is 25.1 Å². The van der Waals surface area contributed by atoms with Crippen molar-refractivity contribution in [2.24, 2.45) is 0 Å². The van der Waals surface area contributed by atoms with Gasteiger partial charge in [-0.2, -0.15) is 0 Å². The third-order valence-electron chi connectivity index (χ3n) is 4.56. The van der Waals surface area contributed by atoms with Gasteiger partial charge < -0.3 is 10.1 Å². The number of carbonyl (C=O) groups is 1. The van der Waals surface area contributed by atoms with Crippen LogP contribution in [0.25, 0.3) is 0 Å². The van der Waals surface area contributed by atoms with E-state index in [-0.39, 0.29) is 12.5 Å². The van der Waals surface area contributed by atoms with Gasteiger partial charge in [-0.3, -0.25) is 9.10 Å². The van der Waals surface area contributed by atoms with Crippen LogP contribution in [0.1, 0.15) is 21.5 Å². The van der Waals surface area contributed by atoms with Crippen LogP contribution in [0.4, 0.5) is 11.4 Å². The summed E-state index contributed by atoms with van der Waals surface area (Å²) in [5.41, 5.74) is 3.44. The molecule has 1 amide bonds. The molecule has 3 rings (SSSR count). The monoisotopic (exact) mass is 502 g/mol. The fourth-order valence-corrected chi connectivity index (χ4v) is 4.59. The van der Waals surface area contributed by atoms with Crippen LogP contribution in [0.15, 0.2) is 77.3 Å². The highest BCUT2D eigenvalue weighted by Crippen LogP contribution is 2.29. The summed E-state index contributed by atoms with van der Waals surface area (Å²) in [4.78, 5) is 12.6. The number of hydrogen-bond acceptors (Lipinski definition) is 4. The SMILES string of the molecule is COCc1cccc(NC(=O)c2ccc(CN(c3ccccc3Br)S(C)(=O)=O)cc2)c1. The summed E-state index contributed by atoms with van der Waals surface area (Å²) in [5, 5.41) is 2.87. The molecule has 6 nitrogen and oxygen atoms in total. The van der Waals surface area contributed by atoms with Crippen LogP contribution in [0.3, 0.4) is 0 Å². The van der Waals surface area contributed by atoms with Crippen molar-refractivity contribution in [3.05, 3.63) is 94.0 Å². The van der Waals surface area contributed by atoms with Gasteiger partial charge in [-0.05, 0) is 63.5 Å². The van der Waals surface area contributed by atoms with Gasteiger partial charge in [0.1, 0.15) is 0 Å². The van der Waals surface area contributed by atoms with Crippen LogP contribution in [0.5, 0.6) is 0 Å². The minimum Gasteiger partial charge on any atom is -0.380 e. The normalized spacial score (nSPS) is 11.2. The van der Waals surface area contributed by atoms with Crippen LogP contribution >= 0.6 is 15.9 Å². The molecular weight excluding hydrogens is 480 g/mol.